The summed E-state index contributed by atoms with van der Waals surface area (Å²) in [4.78, 5) is 6.90. The molecule has 0 spiro atoms. The summed E-state index contributed by atoms with van der Waals surface area (Å²) < 4.78 is 8.46. The average Bonchev–Trinajstić information content (AvgIpc) is 3.36. The van der Waals surface area contributed by atoms with Crippen molar-refractivity contribution in [2.24, 2.45) is 0 Å². The van der Waals surface area contributed by atoms with Crippen molar-refractivity contribution >= 4 is 23.0 Å². The fourth-order valence-corrected chi connectivity index (χ4v) is 5.61. The summed E-state index contributed by atoms with van der Waals surface area (Å²) in [5.41, 5.74) is 6.95. The van der Waals surface area contributed by atoms with Gasteiger partial charge in [0.1, 0.15) is 11.5 Å². The third-order valence-corrected chi connectivity index (χ3v) is 7.14. The van der Waals surface area contributed by atoms with E-state index in [2.05, 4.69) is 78.7 Å². The quantitative estimate of drug-likeness (QED) is 0.283. The van der Waals surface area contributed by atoms with Crippen molar-refractivity contribution in [2.75, 3.05) is 4.90 Å². The number of rotatable bonds is 6. The van der Waals surface area contributed by atoms with Gasteiger partial charge < -0.3 is 19.5 Å². The second-order valence-electron chi connectivity index (χ2n) is 9.70. The molecular formula is C30H32N4OS. The number of thiocarbonyl (C=S) groups is 1. The first-order valence-corrected chi connectivity index (χ1v) is 12.8. The van der Waals surface area contributed by atoms with Crippen molar-refractivity contribution in [3.63, 3.8) is 0 Å². The van der Waals surface area contributed by atoms with Gasteiger partial charge in [-0.2, -0.15) is 0 Å². The van der Waals surface area contributed by atoms with E-state index in [1.165, 1.54) is 22.5 Å². The maximum atomic E-state index is 6.06. The van der Waals surface area contributed by atoms with E-state index >= 15 is 0 Å². The molecule has 184 valence electrons. The topological polar surface area (TPSA) is 42.3 Å². The molecule has 4 aromatic rings. The molecule has 0 aliphatic carbocycles. The van der Waals surface area contributed by atoms with Crippen molar-refractivity contribution in [1.82, 2.24) is 14.9 Å². The monoisotopic (exact) mass is 496 g/mol. The summed E-state index contributed by atoms with van der Waals surface area (Å²) in [5, 5.41) is 4.26. The van der Waals surface area contributed by atoms with Crippen LogP contribution in [-0.2, 0) is 0 Å². The standard InChI is InChI=1S/C30H32N4OS/c1-19(2)33-21(4)18-26(22(33)5)29-28(27-8-6-7-17-31-27)32-30(36)34(29)23-11-15-25(16-12-23)35-24-13-9-20(3)10-14-24/h6-19,28-29H,1-5H3,(H,32,36)/t28-,29-/m0/s1. The van der Waals surface area contributed by atoms with Crippen LogP contribution in [0.25, 0.3) is 0 Å². The molecule has 5 nitrogen and oxygen atoms in total. The minimum absolute atomic E-state index is 0.0324. The van der Waals surface area contributed by atoms with Crippen LogP contribution in [-0.4, -0.2) is 14.7 Å². The molecule has 0 unspecified atom stereocenters. The molecule has 5 rings (SSSR count). The summed E-state index contributed by atoms with van der Waals surface area (Å²) in [6, 6.07) is 24.8. The SMILES string of the molecule is Cc1ccc(Oc2ccc(N3C(=S)N[C@@H](c4ccccn4)[C@@H]3c3cc(C)n(C(C)C)c3C)cc2)cc1. The molecule has 6 heteroatoms. The normalized spacial score (nSPS) is 17.5. The van der Waals surface area contributed by atoms with Gasteiger partial charge in [-0.1, -0.05) is 23.8 Å². The largest absolute Gasteiger partial charge is 0.457 e. The number of hydrogen-bond donors (Lipinski definition) is 1. The molecular weight excluding hydrogens is 464 g/mol. The summed E-state index contributed by atoms with van der Waals surface area (Å²) in [6.07, 6.45) is 1.84. The lowest BCUT2D eigenvalue weighted by Gasteiger charge is -2.28. The molecule has 1 aliphatic rings. The van der Waals surface area contributed by atoms with Crippen molar-refractivity contribution < 1.29 is 4.74 Å². The number of pyridine rings is 1. The number of nitrogens with zero attached hydrogens (tertiary/aromatic N) is 3. The Kier molecular flexibility index (Phi) is 6.54. The summed E-state index contributed by atoms with van der Waals surface area (Å²) in [5.74, 6) is 1.61. The Balaban J connectivity index is 1.53. The maximum absolute atomic E-state index is 6.06. The smallest absolute Gasteiger partial charge is 0.174 e. The van der Waals surface area contributed by atoms with Crippen LogP contribution in [0.4, 0.5) is 5.69 Å². The zero-order valence-electron chi connectivity index (χ0n) is 21.4. The van der Waals surface area contributed by atoms with Crippen molar-refractivity contribution in [2.45, 2.75) is 52.7 Å². The fraction of sp³-hybridized carbons (Fsp3) is 0.267. The van der Waals surface area contributed by atoms with Crippen LogP contribution in [0.5, 0.6) is 11.5 Å². The van der Waals surface area contributed by atoms with E-state index in [0.29, 0.717) is 11.2 Å². The molecule has 2 atom stereocenters. The van der Waals surface area contributed by atoms with Crippen LogP contribution in [0, 0.1) is 20.8 Å². The van der Waals surface area contributed by atoms with E-state index < -0.39 is 0 Å². The lowest BCUT2D eigenvalue weighted by Crippen LogP contribution is -2.29. The van der Waals surface area contributed by atoms with Crippen molar-refractivity contribution in [1.29, 1.82) is 0 Å². The van der Waals surface area contributed by atoms with Gasteiger partial charge in [-0.15, -0.1) is 0 Å². The Morgan fingerprint density at radius 2 is 1.58 bits per heavy atom. The zero-order chi connectivity index (χ0) is 25.4. The number of ether oxygens (including phenoxy) is 1. The Bertz CT molecular complexity index is 1360. The molecule has 0 radical (unpaired) electrons. The fourth-order valence-electron chi connectivity index (χ4n) is 5.26. The third-order valence-electron chi connectivity index (χ3n) is 6.83. The number of anilines is 1. The summed E-state index contributed by atoms with van der Waals surface area (Å²) in [6.45, 7) is 10.9. The lowest BCUT2D eigenvalue weighted by atomic mass is 9.96. The van der Waals surface area contributed by atoms with Gasteiger partial charge >= 0.3 is 0 Å². The van der Waals surface area contributed by atoms with E-state index in [-0.39, 0.29) is 12.1 Å². The molecule has 0 amide bonds. The van der Waals surface area contributed by atoms with E-state index in [0.717, 1.165) is 22.9 Å². The minimum atomic E-state index is -0.0664. The van der Waals surface area contributed by atoms with Gasteiger partial charge in [0.05, 0.1) is 17.8 Å². The van der Waals surface area contributed by atoms with Gasteiger partial charge in [0.25, 0.3) is 0 Å². The number of aromatic nitrogens is 2. The molecule has 0 saturated carbocycles. The van der Waals surface area contributed by atoms with E-state index in [1.807, 2.05) is 54.7 Å². The Labute approximate surface area is 218 Å². The molecule has 2 aromatic carbocycles. The van der Waals surface area contributed by atoms with Crippen LogP contribution in [0.2, 0.25) is 0 Å². The minimum Gasteiger partial charge on any atom is -0.457 e. The highest BCUT2D eigenvalue weighted by molar-refractivity contribution is 7.80. The number of hydrogen-bond acceptors (Lipinski definition) is 3. The first-order valence-electron chi connectivity index (χ1n) is 12.4. The number of benzene rings is 2. The molecule has 0 bridgehead atoms. The Morgan fingerprint density at radius 1 is 0.917 bits per heavy atom. The van der Waals surface area contributed by atoms with Crippen LogP contribution >= 0.6 is 12.2 Å². The predicted octanol–water partition coefficient (Wildman–Crippen LogP) is 7.36. The highest BCUT2D eigenvalue weighted by Gasteiger charge is 2.42. The highest BCUT2D eigenvalue weighted by Crippen LogP contribution is 2.44. The molecule has 1 aliphatic heterocycles. The van der Waals surface area contributed by atoms with Crippen molar-refractivity contribution in [3.8, 4) is 11.5 Å². The Morgan fingerprint density at radius 3 is 2.17 bits per heavy atom. The van der Waals surface area contributed by atoms with E-state index in [1.54, 1.807) is 0 Å². The van der Waals surface area contributed by atoms with Gasteiger partial charge in [-0.25, -0.2) is 0 Å². The molecule has 1 saturated heterocycles. The highest BCUT2D eigenvalue weighted by atomic mass is 32.1. The van der Waals surface area contributed by atoms with Gasteiger partial charge in [-0.3, -0.25) is 4.98 Å². The average molecular weight is 497 g/mol. The van der Waals surface area contributed by atoms with Crippen LogP contribution in [0.3, 0.4) is 0 Å². The van der Waals surface area contributed by atoms with Gasteiger partial charge in [0.2, 0.25) is 0 Å². The molecule has 1 N–H and O–H groups in total. The second-order valence-corrected chi connectivity index (χ2v) is 10.1. The van der Waals surface area contributed by atoms with Crippen LogP contribution < -0.4 is 15.0 Å². The van der Waals surface area contributed by atoms with Gasteiger partial charge in [0.15, 0.2) is 5.11 Å². The molecule has 2 aromatic heterocycles. The number of aryl methyl sites for hydroxylation is 2. The molecule has 3 heterocycles. The molecule has 1 fully saturated rings. The first-order chi connectivity index (χ1) is 17.3. The van der Waals surface area contributed by atoms with Gasteiger partial charge in [0, 0.05) is 29.3 Å². The summed E-state index contributed by atoms with van der Waals surface area (Å²) >= 11 is 5.91. The zero-order valence-corrected chi connectivity index (χ0v) is 22.2. The second kappa shape index (κ2) is 9.78. The third kappa shape index (κ3) is 4.49. The first kappa shape index (κ1) is 24.1. The predicted molar refractivity (Wildman–Crippen MR) is 150 cm³/mol. The number of nitrogens with one attached hydrogen (secondary N) is 1. The molecule has 36 heavy (non-hydrogen) atoms. The lowest BCUT2D eigenvalue weighted by molar-refractivity contribution is 0.482. The Hall–Kier alpha value is -3.64. The maximum Gasteiger partial charge on any atom is 0.174 e. The van der Waals surface area contributed by atoms with E-state index in [4.69, 9.17) is 17.0 Å². The van der Waals surface area contributed by atoms with E-state index in [9.17, 15) is 0 Å². The van der Waals surface area contributed by atoms with Crippen LogP contribution in [0.1, 0.15) is 60.2 Å². The van der Waals surface area contributed by atoms with Crippen molar-refractivity contribution in [3.05, 3.63) is 107 Å². The van der Waals surface area contributed by atoms with Crippen LogP contribution in [0.15, 0.2) is 79.0 Å². The van der Waals surface area contributed by atoms with Gasteiger partial charge in [-0.05, 0) is 107 Å². The summed E-state index contributed by atoms with van der Waals surface area (Å²) in [7, 11) is 0.